The molecule has 0 unspecified atom stereocenters. The summed E-state index contributed by atoms with van der Waals surface area (Å²) in [7, 11) is -1.96. The van der Waals surface area contributed by atoms with E-state index in [-0.39, 0.29) is 54.3 Å². The largest absolute Gasteiger partial charge is 0.375 e. The van der Waals surface area contributed by atoms with Gasteiger partial charge in [0.2, 0.25) is 5.91 Å². The highest BCUT2D eigenvalue weighted by Gasteiger charge is 2.49. The Morgan fingerprint density at radius 3 is 2.50 bits per heavy atom. The highest BCUT2D eigenvalue weighted by Crippen LogP contribution is 2.28. The Balaban J connectivity index is 1.86. The lowest BCUT2D eigenvalue weighted by Crippen LogP contribution is -2.62. The van der Waals surface area contributed by atoms with E-state index < -0.39 is 21.9 Å². The third kappa shape index (κ3) is 3.40. The number of methoxy groups -OCH3 is 1. The summed E-state index contributed by atoms with van der Waals surface area (Å²) >= 11 is 0. The van der Waals surface area contributed by atoms with E-state index in [2.05, 4.69) is 4.98 Å². The minimum Gasteiger partial charge on any atom is -0.375 e. The first-order valence-corrected chi connectivity index (χ1v) is 9.84. The van der Waals surface area contributed by atoms with Gasteiger partial charge in [0, 0.05) is 26.4 Å². The van der Waals surface area contributed by atoms with Gasteiger partial charge in [-0.15, -0.1) is 0 Å². The Morgan fingerprint density at radius 1 is 1.27 bits per heavy atom. The number of hydrogen-bond donors (Lipinski definition) is 0. The molecule has 26 heavy (non-hydrogen) atoms. The highest BCUT2D eigenvalue weighted by molar-refractivity contribution is 7.91. The van der Waals surface area contributed by atoms with Gasteiger partial charge in [-0.05, 0) is 12.1 Å². The Labute approximate surface area is 151 Å². The fourth-order valence-corrected chi connectivity index (χ4v) is 5.45. The first kappa shape index (κ1) is 18.3. The number of nitrogens with zero attached hydrogens (tertiary/aromatic N) is 4. The molecule has 10 heteroatoms. The second-order valence-electron chi connectivity index (χ2n) is 6.27. The first-order chi connectivity index (χ1) is 12.4. The standard InChI is InChI=1S/C16H18N4O5S/c1-25-8-15(21)19-4-5-20(14-10-26(23,24)9-13(14)19)16(22)11-2-3-12(6-17)18-7-11/h2-3,7,13-14H,4-5,8-10H2,1H3/t13-,14+/m0/s1. The van der Waals surface area contributed by atoms with Gasteiger partial charge in [0.05, 0.1) is 29.2 Å². The number of amides is 2. The Hall–Kier alpha value is -2.51. The van der Waals surface area contributed by atoms with Crippen molar-refractivity contribution >= 4 is 21.7 Å². The molecule has 0 N–H and O–H groups in total. The van der Waals surface area contributed by atoms with Gasteiger partial charge < -0.3 is 14.5 Å². The molecule has 2 aliphatic heterocycles. The molecule has 0 radical (unpaired) electrons. The third-order valence-corrected chi connectivity index (χ3v) is 6.35. The van der Waals surface area contributed by atoms with E-state index >= 15 is 0 Å². The van der Waals surface area contributed by atoms with Crippen LogP contribution < -0.4 is 0 Å². The van der Waals surface area contributed by atoms with Crippen molar-refractivity contribution < 1.29 is 22.7 Å². The van der Waals surface area contributed by atoms with Crippen molar-refractivity contribution in [2.45, 2.75) is 12.1 Å². The van der Waals surface area contributed by atoms with Crippen LogP contribution in [-0.2, 0) is 19.4 Å². The van der Waals surface area contributed by atoms with Crippen LogP contribution in [0.5, 0.6) is 0 Å². The topological polar surface area (TPSA) is 121 Å². The molecule has 138 valence electrons. The van der Waals surface area contributed by atoms with Gasteiger partial charge >= 0.3 is 0 Å². The number of carbonyl (C=O) groups is 2. The van der Waals surface area contributed by atoms with Crippen molar-refractivity contribution in [3.63, 3.8) is 0 Å². The molecule has 2 aliphatic rings. The number of pyridine rings is 1. The predicted octanol–water partition coefficient (Wildman–Crippen LogP) is -0.950. The lowest BCUT2D eigenvalue weighted by molar-refractivity contribution is -0.140. The molecule has 2 fully saturated rings. The number of fused-ring (bicyclic) bond motifs is 1. The molecular weight excluding hydrogens is 360 g/mol. The molecule has 3 rings (SSSR count). The van der Waals surface area contributed by atoms with Crippen LogP contribution >= 0.6 is 0 Å². The fourth-order valence-electron chi connectivity index (χ4n) is 3.47. The number of aromatic nitrogens is 1. The monoisotopic (exact) mass is 378 g/mol. The molecule has 0 aliphatic carbocycles. The predicted molar refractivity (Wildman–Crippen MR) is 89.8 cm³/mol. The summed E-state index contributed by atoms with van der Waals surface area (Å²) in [4.78, 5) is 31.9. The zero-order valence-electron chi connectivity index (χ0n) is 14.2. The number of rotatable bonds is 3. The van der Waals surface area contributed by atoms with Gasteiger partial charge in [-0.2, -0.15) is 5.26 Å². The molecule has 2 amide bonds. The average molecular weight is 378 g/mol. The quantitative estimate of drug-likeness (QED) is 0.665. The van der Waals surface area contributed by atoms with E-state index in [1.165, 1.54) is 35.2 Å². The van der Waals surface area contributed by atoms with Crippen LogP contribution in [0.1, 0.15) is 16.1 Å². The van der Waals surface area contributed by atoms with Gasteiger partial charge in [-0.3, -0.25) is 9.59 Å². The summed E-state index contributed by atoms with van der Waals surface area (Å²) in [5, 5.41) is 8.80. The summed E-state index contributed by atoms with van der Waals surface area (Å²) in [6, 6.07) is 3.64. The van der Waals surface area contributed by atoms with E-state index in [1.807, 2.05) is 6.07 Å². The van der Waals surface area contributed by atoms with Gasteiger partial charge in [0.25, 0.3) is 5.91 Å². The van der Waals surface area contributed by atoms with Gasteiger partial charge in [-0.1, -0.05) is 0 Å². The maximum atomic E-state index is 12.8. The molecule has 0 spiro atoms. The molecular formula is C16H18N4O5S. The Kier molecular flexibility index (Phi) is 4.93. The molecule has 0 bridgehead atoms. The lowest BCUT2D eigenvalue weighted by Gasteiger charge is -2.43. The number of piperazine rings is 1. The molecule has 1 aromatic heterocycles. The Morgan fingerprint density at radius 2 is 1.92 bits per heavy atom. The van der Waals surface area contributed by atoms with Crippen LogP contribution in [0.2, 0.25) is 0 Å². The van der Waals surface area contributed by atoms with Crippen molar-refractivity contribution in [3.8, 4) is 6.07 Å². The Bertz CT molecular complexity index is 862. The zero-order valence-corrected chi connectivity index (χ0v) is 15.0. The van der Waals surface area contributed by atoms with E-state index in [9.17, 15) is 18.0 Å². The number of hydrogen-bond acceptors (Lipinski definition) is 7. The SMILES string of the molecule is COCC(=O)N1CCN(C(=O)c2ccc(C#N)nc2)[C@@H]2CS(=O)(=O)C[C@@H]21. The van der Waals surface area contributed by atoms with Crippen molar-refractivity contribution in [1.29, 1.82) is 5.26 Å². The average Bonchev–Trinajstić information content (AvgIpc) is 2.95. The summed E-state index contributed by atoms with van der Waals surface area (Å²) in [6.07, 6.45) is 1.31. The maximum absolute atomic E-state index is 12.8. The van der Waals surface area contributed by atoms with Crippen molar-refractivity contribution in [3.05, 3.63) is 29.6 Å². The molecule has 2 atom stereocenters. The smallest absolute Gasteiger partial charge is 0.255 e. The van der Waals surface area contributed by atoms with E-state index in [1.54, 1.807) is 0 Å². The summed E-state index contributed by atoms with van der Waals surface area (Å²) in [5.41, 5.74) is 0.474. The minimum atomic E-state index is -3.36. The lowest BCUT2D eigenvalue weighted by atomic mass is 10.0. The highest BCUT2D eigenvalue weighted by atomic mass is 32.2. The van der Waals surface area contributed by atoms with E-state index in [0.29, 0.717) is 0 Å². The second-order valence-corrected chi connectivity index (χ2v) is 8.43. The number of carbonyl (C=O) groups excluding carboxylic acids is 2. The zero-order chi connectivity index (χ0) is 18.9. The normalized spacial score (nSPS) is 24.0. The number of sulfone groups is 1. The van der Waals surface area contributed by atoms with Gasteiger partial charge in [0.1, 0.15) is 18.4 Å². The minimum absolute atomic E-state index is 0.128. The van der Waals surface area contributed by atoms with Crippen molar-refractivity contribution in [2.24, 2.45) is 0 Å². The maximum Gasteiger partial charge on any atom is 0.255 e. The molecule has 3 heterocycles. The third-order valence-electron chi connectivity index (χ3n) is 4.65. The number of nitriles is 1. The fraction of sp³-hybridized carbons (Fsp3) is 0.500. The van der Waals surface area contributed by atoms with Crippen molar-refractivity contribution in [1.82, 2.24) is 14.8 Å². The van der Waals surface area contributed by atoms with Crippen LogP contribution in [0.15, 0.2) is 18.3 Å². The molecule has 1 aromatic rings. The summed E-state index contributed by atoms with van der Waals surface area (Å²) in [6.45, 7) is 0.343. The first-order valence-electron chi connectivity index (χ1n) is 8.02. The summed E-state index contributed by atoms with van der Waals surface area (Å²) < 4.78 is 29.2. The van der Waals surface area contributed by atoms with Gasteiger partial charge in [-0.25, -0.2) is 13.4 Å². The van der Waals surface area contributed by atoms with Gasteiger partial charge in [0.15, 0.2) is 9.84 Å². The molecule has 0 saturated carbocycles. The molecule has 9 nitrogen and oxygen atoms in total. The van der Waals surface area contributed by atoms with Crippen LogP contribution in [0.4, 0.5) is 0 Å². The number of ether oxygens (including phenoxy) is 1. The van der Waals surface area contributed by atoms with E-state index in [4.69, 9.17) is 10.00 Å². The van der Waals surface area contributed by atoms with Crippen LogP contribution in [0.25, 0.3) is 0 Å². The van der Waals surface area contributed by atoms with Crippen LogP contribution in [0, 0.1) is 11.3 Å². The summed E-state index contributed by atoms with van der Waals surface area (Å²) in [5.74, 6) is -0.980. The van der Waals surface area contributed by atoms with E-state index in [0.717, 1.165) is 0 Å². The molecule has 0 aromatic carbocycles. The van der Waals surface area contributed by atoms with Crippen LogP contribution in [-0.4, -0.2) is 85.4 Å². The van der Waals surface area contributed by atoms with Crippen LogP contribution in [0.3, 0.4) is 0 Å². The molecule has 2 saturated heterocycles. The van der Waals surface area contributed by atoms with Crippen molar-refractivity contribution in [2.75, 3.05) is 38.3 Å². The second kappa shape index (κ2) is 7.01.